The van der Waals surface area contributed by atoms with Crippen molar-refractivity contribution in [1.82, 2.24) is 25.4 Å². The topological polar surface area (TPSA) is 99.3 Å². The number of carbonyl (C=O) groups excluding carboxylic acids is 1. The molecule has 1 aliphatic rings. The number of anilines is 1. The van der Waals surface area contributed by atoms with Gasteiger partial charge in [0.25, 0.3) is 5.91 Å². The average molecular weight is 347 g/mol. The minimum atomic E-state index is -0.526. The first-order chi connectivity index (χ1) is 11.6. The molecule has 1 amide bonds. The zero-order valence-corrected chi connectivity index (χ0v) is 13.1. The van der Waals surface area contributed by atoms with Crippen molar-refractivity contribution in [2.24, 2.45) is 0 Å². The Morgan fingerprint density at radius 1 is 1.25 bits per heavy atom. The summed E-state index contributed by atoms with van der Waals surface area (Å²) in [7, 11) is 0. The number of aromatic amines is 2. The first-order valence-electron chi connectivity index (χ1n) is 7.36. The summed E-state index contributed by atoms with van der Waals surface area (Å²) >= 11 is 6.19. The third-order valence-electron chi connectivity index (χ3n) is 3.77. The van der Waals surface area contributed by atoms with Crippen LogP contribution in [-0.4, -0.2) is 31.3 Å². The van der Waals surface area contributed by atoms with Crippen LogP contribution >= 0.6 is 11.6 Å². The van der Waals surface area contributed by atoms with Crippen LogP contribution in [0.1, 0.15) is 34.9 Å². The van der Waals surface area contributed by atoms with Crippen LogP contribution in [0.4, 0.5) is 10.3 Å². The first-order valence-corrected chi connectivity index (χ1v) is 7.73. The Hall–Kier alpha value is -2.74. The van der Waals surface area contributed by atoms with Crippen molar-refractivity contribution in [2.45, 2.75) is 18.8 Å². The maximum absolute atomic E-state index is 13.7. The van der Waals surface area contributed by atoms with E-state index in [1.54, 1.807) is 18.2 Å². The van der Waals surface area contributed by atoms with Crippen molar-refractivity contribution in [2.75, 3.05) is 5.32 Å². The largest absolute Gasteiger partial charge is 0.288 e. The lowest BCUT2D eigenvalue weighted by atomic mass is 10.2. The monoisotopic (exact) mass is 346 g/mol. The lowest BCUT2D eigenvalue weighted by Gasteiger charge is -1.98. The molecule has 0 unspecified atom stereocenters. The van der Waals surface area contributed by atoms with E-state index in [1.165, 1.54) is 6.07 Å². The minimum Gasteiger partial charge on any atom is -0.288 e. The molecule has 1 aromatic carbocycles. The smallest absolute Gasteiger partial charge is 0.280 e. The van der Waals surface area contributed by atoms with Crippen LogP contribution < -0.4 is 5.32 Å². The van der Waals surface area contributed by atoms with Gasteiger partial charge in [0.1, 0.15) is 5.82 Å². The molecule has 3 aromatic rings. The molecular formula is C15H12ClFN6O. The number of nitrogens with one attached hydrogen (secondary N) is 3. The summed E-state index contributed by atoms with van der Waals surface area (Å²) in [6.45, 7) is 0. The van der Waals surface area contributed by atoms with Crippen molar-refractivity contribution in [3.05, 3.63) is 46.5 Å². The van der Waals surface area contributed by atoms with Crippen molar-refractivity contribution in [1.29, 1.82) is 0 Å². The van der Waals surface area contributed by atoms with E-state index in [9.17, 15) is 9.18 Å². The Labute approximate surface area is 140 Å². The molecule has 7 nitrogen and oxygen atoms in total. The molecule has 0 spiro atoms. The number of nitrogens with zero attached hydrogens (tertiary/aromatic N) is 3. The van der Waals surface area contributed by atoms with Crippen LogP contribution in [0, 0.1) is 5.82 Å². The zero-order chi connectivity index (χ0) is 16.7. The molecule has 1 aliphatic carbocycles. The number of amides is 1. The highest BCUT2D eigenvalue weighted by Crippen LogP contribution is 2.42. The normalized spacial score (nSPS) is 13.9. The van der Waals surface area contributed by atoms with E-state index in [0.717, 1.165) is 18.5 Å². The Balaban J connectivity index is 1.54. The number of hydrogen-bond acceptors (Lipinski definition) is 4. The highest BCUT2D eigenvalue weighted by Gasteiger charge is 2.31. The lowest BCUT2D eigenvalue weighted by molar-refractivity contribution is 0.102. The van der Waals surface area contributed by atoms with Crippen LogP contribution in [0.15, 0.2) is 24.3 Å². The van der Waals surface area contributed by atoms with Gasteiger partial charge in [0, 0.05) is 5.92 Å². The Morgan fingerprint density at radius 2 is 2.04 bits per heavy atom. The minimum absolute atomic E-state index is 0.0188. The number of H-pyrrole nitrogens is 2. The van der Waals surface area contributed by atoms with Gasteiger partial charge < -0.3 is 0 Å². The molecule has 0 atom stereocenters. The number of halogens is 2. The maximum Gasteiger partial charge on any atom is 0.280 e. The molecule has 9 heteroatoms. The van der Waals surface area contributed by atoms with Crippen LogP contribution in [-0.2, 0) is 0 Å². The number of benzene rings is 1. The van der Waals surface area contributed by atoms with Crippen molar-refractivity contribution in [3.8, 4) is 11.4 Å². The molecule has 122 valence electrons. The van der Waals surface area contributed by atoms with Gasteiger partial charge in [-0.25, -0.2) is 4.39 Å². The van der Waals surface area contributed by atoms with E-state index in [2.05, 4.69) is 30.7 Å². The van der Waals surface area contributed by atoms with E-state index in [1.807, 2.05) is 0 Å². The molecule has 24 heavy (non-hydrogen) atoms. The maximum atomic E-state index is 13.7. The quantitative estimate of drug-likeness (QED) is 0.675. The molecule has 2 heterocycles. The molecular weight excluding hydrogens is 335 g/mol. The van der Waals surface area contributed by atoms with Crippen LogP contribution in [0.3, 0.4) is 0 Å². The molecule has 1 fully saturated rings. The Morgan fingerprint density at radius 3 is 2.79 bits per heavy atom. The number of rotatable bonds is 4. The fourth-order valence-electron chi connectivity index (χ4n) is 2.39. The van der Waals surface area contributed by atoms with Crippen molar-refractivity contribution in [3.63, 3.8) is 0 Å². The molecule has 0 bridgehead atoms. The summed E-state index contributed by atoms with van der Waals surface area (Å²) in [5.41, 5.74) is 1.14. The van der Waals surface area contributed by atoms with Crippen molar-refractivity contribution < 1.29 is 9.18 Å². The highest BCUT2D eigenvalue weighted by atomic mass is 35.5. The SMILES string of the molecule is O=C(Nc1n[nH]c(-c2ccccc2F)n1)c1n[nH]c(C2CC2)c1Cl. The predicted molar refractivity (Wildman–Crippen MR) is 85.3 cm³/mol. The number of hydrogen-bond donors (Lipinski definition) is 3. The molecule has 0 radical (unpaired) electrons. The highest BCUT2D eigenvalue weighted by molar-refractivity contribution is 6.34. The molecule has 0 saturated heterocycles. The second kappa shape index (κ2) is 5.72. The van der Waals surface area contributed by atoms with Gasteiger partial charge in [0.05, 0.1) is 16.3 Å². The fraction of sp³-hybridized carbons (Fsp3) is 0.200. The lowest BCUT2D eigenvalue weighted by Crippen LogP contribution is -2.14. The Bertz CT molecular complexity index is 916. The summed E-state index contributed by atoms with van der Waals surface area (Å²) in [6.07, 6.45) is 2.08. The van der Waals surface area contributed by atoms with E-state index in [4.69, 9.17) is 11.6 Å². The summed E-state index contributed by atoms with van der Waals surface area (Å²) < 4.78 is 13.7. The second-order valence-corrected chi connectivity index (χ2v) is 5.89. The molecule has 1 saturated carbocycles. The first kappa shape index (κ1) is 14.8. The summed E-state index contributed by atoms with van der Waals surface area (Å²) in [4.78, 5) is 16.3. The summed E-state index contributed by atoms with van der Waals surface area (Å²) in [5.74, 6) is -0.374. The second-order valence-electron chi connectivity index (χ2n) is 5.52. The summed E-state index contributed by atoms with van der Waals surface area (Å²) in [6, 6.07) is 6.14. The average Bonchev–Trinajstić information content (AvgIpc) is 3.18. The van der Waals surface area contributed by atoms with Gasteiger partial charge >= 0.3 is 0 Å². The van der Waals surface area contributed by atoms with Gasteiger partial charge in [0.2, 0.25) is 5.95 Å². The standard InChI is InChI=1S/C15H12ClFN6O/c16-10-11(7-5-6-7)20-21-12(10)14(24)19-15-18-13(22-23-15)8-3-1-2-4-9(8)17/h1-4,7H,5-6H2,(H,20,21)(H2,18,19,22,23,24). The Kier molecular flexibility index (Phi) is 3.53. The van der Waals surface area contributed by atoms with Gasteiger partial charge in [-0.1, -0.05) is 23.7 Å². The zero-order valence-electron chi connectivity index (χ0n) is 12.3. The van der Waals surface area contributed by atoms with E-state index >= 15 is 0 Å². The van der Waals surface area contributed by atoms with Crippen LogP contribution in [0.2, 0.25) is 5.02 Å². The molecule has 4 rings (SSSR count). The third kappa shape index (κ3) is 2.65. The molecule has 3 N–H and O–H groups in total. The number of carbonyl (C=O) groups is 1. The van der Waals surface area contributed by atoms with Gasteiger partial charge in [-0.15, -0.1) is 5.10 Å². The van der Waals surface area contributed by atoms with E-state index in [-0.39, 0.29) is 23.0 Å². The van der Waals surface area contributed by atoms with Gasteiger partial charge in [-0.2, -0.15) is 10.1 Å². The van der Waals surface area contributed by atoms with Gasteiger partial charge in [-0.3, -0.25) is 20.3 Å². The van der Waals surface area contributed by atoms with Crippen LogP contribution in [0.25, 0.3) is 11.4 Å². The third-order valence-corrected chi connectivity index (χ3v) is 4.16. The van der Waals surface area contributed by atoms with E-state index in [0.29, 0.717) is 10.9 Å². The fourth-order valence-corrected chi connectivity index (χ4v) is 2.71. The van der Waals surface area contributed by atoms with Crippen LogP contribution in [0.5, 0.6) is 0 Å². The molecule has 0 aliphatic heterocycles. The summed E-state index contributed by atoms with van der Waals surface area (Å²) in [5, 5.41) is 16.0. The van der Waals surface area contributed by atoms with Gasteiger partial charge in [-0.05, 0) is 25.0 Å². The number of aromatic nitrogens is 5. The van der Waals surface area contributed by atoms with Gasteiger partial charge in [0.15, 0.2) is 11.5 Å². The predicted octanol–water partition coefficient (Wildman–Crippen LogP) is 3.12. The molecule has 2 aromatic heterocycles. The van der Waals surface area contributed by atoms with E-state index < -0.39 is 11.7 Å². The van der Waals surface area contributed by atoms with Crippen molar-refractivity contribution >= 4 is 23.5 Å².